The third-order valence-electron chi connectivity index (χ3n) is 3.76. The number of guanidine groups is 1. The highest BCUT2D eigenvalue weighted by atomic mass is 127. The molecule has 0 amide bonds. The Morgan fingerprint density at radius 3 is 2.40 bits per heavy atom. The summed E-state index contributed by atoms with van der Waals surface area (Å²) in [5.74, 6) is 0.721. The molecule has 0 bridgehead atoms. The summed E-state index contributed by atoms with van der Waals surface area (Å²) in [4.78, 5) is 6.33. The van der Waals surface area contributed by atoms with Crippen LogP contribution in [0.2, 0.25) is 10.2 Å². The summed E-state index contributed by atoms with van der Waals surface area (Å²) in [6, 6.07) is 10.2. The lowest BCUT2D eigenvalue weighted by Gasteiger charge is -2.15. The van der Waals surface area contributed by atoms with Gasteiger partial charge < -0.3 is 20.1 Å². The van der Waals surface area contributed by atoms with Gasteiger partial charge in [0.25, 0.3) is 0 Å². The van der Waals surface area contributed by atoms with Gasteiger partial charge in [0, 0.05) is 46.1 Å². The number of anilines is 1. The van der Waals surface area contributed by atoms with Crippen LogP contribution in [0.3, 0.4) is 0 Å². The highest BCUT2D eigenvalue weighted by Crippen LogP contribution is 2.24. The molecule has 0 fully saturated rings. The smallest absolute Gasteiger partial charge is 0.191 e. The van der Waals surface area contributed by atoms with Gasteiger partial charge in [-0.1, -0.05) is 35.3 Å². The first-order chi connectivity index (χ1) is 11.4. The first kappa shape index (κ1) is 21.9. The highest BCUT2D eigenvalue weighted by Gasteiger charge is 2.09. The zero-order chi connectivity index (χ0) is 17.7. The Kier molecular flexibility index (Phi) is 8.88. The van der Waals surface area contributed by atoms with E-state index in [1.807, 2.05) is 31.8 Å². The molecule has 8 heteroatoms. The second-order valence-electron chi connectivity index (χ2n) is 5.68. The number of halogens is 3. The number of rotatable bonds is 5. The summed E-state index contributed by atoms with van der Waals surface area (Å²) < 4.78 is 1.85. The molecule has 1 heterocycles. The van der Waals surface area contributed by atoms with Crippen LogP contribution in [0.15, 0.2) is 35.3 Å². The standard InChI is InChI=1S/C17H23Cl2N5.HI/c1-20-17(22-11-14-9-15(18)16(19)24(14)4)21-10-12-6-5-7-13(8-12)23(2)3;/h5-9H,10-11H2,1-4H3,(H2,20,21,22);1H. The molecule has 0 spiro atoms. The SMILES string of the molecule is CN=C(NCc1cccc(N(C)C)c1)NCc1cc(Cl)c(Cl)n1C.I. The van der Waals surface area contributed by atoms with Gasteiger partial charge in [-0.25, -0.2) is 0 Å². The highest BCUT2D eigenvalue weighted by molar-refractivity contribution is 14.0. The largest absolute Gasteiger partial charge is 0.378 e. The van der Waals surface area contributed by atoms with Crippen molar-refractivity contribution < 1.29 is 0 Å². The average molecular weight is 496 g/mol. The van der Waals surface area contributed by atoms with E-state index in [-0.39, 0.29) is 24.0 Å². The zero-order valence-electron chi connectivity index (χ0n) is 14.8. The third-order valence-corrected chi connectivity index (χ3v) is 4.61. The summed E-state index contributed by atoms with van der Waals surface area (Å²) in [6.45, 7) is 1.27. The fourth-order valence-corrected chi connectivity index (χ4v) is 2.70. The fourth-order valence-electron chi connectivity index (χ4n) is 2.28. The molecule has 0 aliphatic heterocycles. The maximum atomic E-state index is 6.08. The summed E-state index contributed by atoms with van der Waals surface area (Å²) in [6.07, 6.45) is 0. The molecule has 0 saturated heterocycles. The minimum absolute atomic E-state index is 0. The van der Waals surface area contributed by atoms with Crippen LogP contribution in [0.4, 0.5) is 5.69 Å². The van der Waals surface area contributed by atoms with Crippen LogP contribution >= 0.6 is 47.2 Å². The molecule has 138 valence electrons. The first-order valence-corrected chi connectivity index (χ1v) is 8.38. The Labute approximate surface area is 176 Å². The molecule has 0 atom stereocenters. The molecule has 5 nitrogen and oxygen atoms in total. The van der Waals surface area contributed by atoms with Crippen LogP contribution in [0.1, 0.15) is 11.3 Å². The molecule has 2 rings (SSSR count). The number of aliphatic imine (C=N–C) groups is 1. The van der Waals surface area contributed by atoms with E-state index in [1.54, 1.807) is 7.05 Å². The molecule has 0 aliphatic rings. The van der Waals surface area contributed by atoms with E-state index in [0.717, 1.165) is 11.7 Å². The minimum atomic E-state index is 0. The number of hydrogen-bond donors (Lipinski definition) is 2. The number of aromatic nitrogens is 1. The number of benzene rings is 1. The molecule has 25 heavy (non-hydrogen) atoms. The van der Waals surface area contributed by atoms with Gasteiger partial charge in [0.05, 0.1) is 11.6 Å². The maximum Gasteiger partial charge on any atom is 0.191 e. The van der Waals surface area contributed by atoms with E-state index < -0.39 is 0 Å². The lowest BCUT2D eigenvalue weighted by Crippen LogP contribution is -2.36. The van der Waals surface area contributed by atoms with E-state index in [1.165, 1.54) is 11.3 Å². The predicted octanol–water partition coefficient (Wildman–Crippen LogP) is 3.88. The van der Waals surface area contributed by atoms with E-state index in [0.29, 0.717) is 23.3 Å². The van der Waals surface area contributed by atoms with Gasteiger partial charge in [0.15, 0.2) is 5.96 Å². The molecule has 1 aromatic heterocycles. The van der Waals surface area contributed by atoms with Crippen LogP contribution in [-0.2, 0) is 20.1 Å². The normalized spacial score (nSPS) is 11.0. The van der Waals surface area contributed by atoms with Gasteiger partial charge in [-0.2, -0.15) is 0 Å². The summed E-state index contributed by atoms with van der Waals surface area (Å²) in [5.41, 5.74) is 3.35. The van der Waals surface area contributed by atoms with E-state index in [9.17, 15) is 0 Å². The van der Waals surface area contributed by atoms with Gasteiger partial charge in [0.2, 0.25) is 0 Å². The third kappa shape index (κ3) is 5.97. The second-order valence-corrected chi connectivity index (χ2v) is 6.44. The molecule has 2 aromatic rings. The van der Waals surface area contributed by atoms with Crippen molar-refractivity contribution in [1.82, 2.24) is 15.2 Å². The maximum absolute atomic E-state index is 6.08. The van der Waals surface area contributed by atoms with Crippen molar-refractivity contribution in [3.8, 4) is 0 Å². The van der Waals surface area contributed by atoms with E-state index in [2.05, 4.69) is 44.8 Å². The Balaban J connectivity index is 0.00000312. The molecule has 0 radical (unpaired) electrons. The number of hydrogen-bond acceptors (Lipinski definition) is 2. The summed E-state index contributed by atoms with van der Waals surface area (Å²) in [7, 11) is 7.69. The van der Waals surface area contributed by atoms with Crippen molar-refractivity contribution in [3.63, 3.8) is 0 Å². The Morgan fingerprint density at radius 2 is 1.84 bits per heavy atom. The molecule has 0 saturated carbocycles. The van der Waals surface area contributed by atoms with Crippen LogP contribution in [0.5, 0.6) is 0 Å². The predicted molar refractivity (Wildman–Crippen MR) is 119 cm³/mol. The Bertz CT molecular complexity index is 728. The van der Waals surface area contributed by atoms with Gasteiger partial charge in [-0.15, -0.1) is 24.0 Å². The lowest BCUT2D eigenvalue weighted by molar-refractivity contribution is 0.750. The Morgan fingerprint density at radius 1 is 1.16 bits per heavy atom. The van der Waals surface area contributed by atoms with Crippen molar-refractivity contribution in [1.29, 1.82) is 0 Å². The van der Waals surface area contributed by atoms with Gasteiger partial charge in [-0.3, -0.25) is 4.99 Å². The second kappa shape index (κ2) is 10.1. The molecule has 1 aromatic carbocycles. The van der Waals surface area contributed by atoms with Crippen LogP contribution < -0.4 is 15.5 Å². The van der Waals surface area contributed by atoms with Gasteiger partial charge >= 0.3 is 0 Å². The van der Waals surface area contributed by atoms with Crippen molar-refractivity contribution in [2.45, 2.75) is 13.1 Å². The van der Waals surface area contributed by atoms with E-state index >= 15 is 0 Å². The lowest BCUT2D eigenvalue weighted by atomic mass is 10.2. The summed E-state index contributed by atoms with van der Waals surface area (Å²) >= 11 is 12.1. The van der Waals surface area contributed by atoms with Crippen molar-refractivity contribution in [2.24, 2.45) is 12.0 Å². The first-order valence-electron chi connectivity index (χ1n) is 7.62. The van der Waals surface area contributed by atoms with Crippen LogP contribution in [-0.4, -0.2) is 31.7 Å². The topological polar surface area (TPSA) is 44.6 Å². The quantitative estimate of drug-likeness (QED) is 0.376. The van der Waals surface area contributed by atoms with Gasteiger partial charge in [0.1, 0.15) is 5.15 Å². The van der Waals surface area contributed by atoms with Gasteiger partial charge in [-0.05, 0) is 23.8 Å². The van der Waals surface area contributed by atoms with Crippen molar-refractivity contribution in [3.05, 3.63) is 51.8 Å². The van der Waals surface area contributed by atoms with Crippen molar-refractivity contribution >= 4 is 58.8 Å². The molecule has 2 N–H and O–H groups in total. The monoisotopic (exact) mass is 495 g/mol. The van der Waals surface area contributed by atoms with Crippen LogP contribution in [0, 0.1) is 0 Å². The molecular weight excluding hydrogens is 472 g/mol. The van der Waals surface area contributed by atoms with E-state index in [4.69, 9.17) is 23.2 Å². The van der Waals surface area contributed by atoms with Crippen molar-refractivity contribution in [2.75, 3.05) is 26.0 Å². The fraction of sp³-hybridized carbons (Fsp3) is 0.353. The molecule has 0 aliphatic carbocycles. The summed E-state index contributed by atoms with van der Waals surface area (Å²) in [5, 5.41) is 7.67. The average Bonchev–Trinajstić information content (AvgIpc) is 2.82. The van der Waals surface area contributed by atoms with Crippen LogP contribution in [0.25, 0.3) is 0 Å². The molecule has 0 unspecified atom stereocenters. The zero-order valence-corrected chi connectivity index (χ0v) is 18.6. The Hall–Kier alpha value is -1.12. The molecular formula is C17H24Cl2IN5. The number of nitrogens with zero attached hydrogens (tertiary/aromatic N) is 3. The minimum Gasteiger partial charge on any atom is -0.378 e. The number of nitrogens with one attached hydrogen (secondary N) is 2.